The number of carbonyl (C=O) groups is 2. The van der Waals surface area contributed by atoms with E-state index in [0.29, 0.717) is 41.7 Å². The van der Waals surface area contributed by atoms with Crippen LogP contribution in [0.25, 0.3) is 11.4 Å². The highest BCUT2D eigenvalue weighted by atomic mass is 16.5. The molecule has 0 radical (unpaired) electrons. The molecule has 1 aromatic carbocycles. The summed E-state index contributed by atoms with van der Waals surface area (Å²) in [5.74, 6) is 0.427. The third kappa shape index (κ3) is 8.83. The molecule has 2 aromatic heterocycles. The molecule has 0 aliphatic carbocycles. The molecule has 0 saturated carbocycles. The molecule has 0 unspecified atom stereocenters. The van der Waals surface area contributed by atoms with Crippen LogP contribution in [0.5, 0.6) is 5.75 Å². The maximum Gasteiger partial charge on any atom is 0.273 e. The predicted octanol–water partition coefficient (Wildman–Crippen LogP) is 3.80. The fourth-order valence-electron chi connectivity index (χ4n) is 2.99. The van der Waals surface area contributed by atoms with Gasteiger partial charge >= 0.3 is 0 Å². The zero-order chi connectivity index (χ0) is 27.8. The minimum atomic E-state index is -0.444. The van der Waals surface area contributed by atoms with Crippen molar-refractivity contribution in [2.75, 3.05) is 38.0 Å². The van der Waals surface area contributed by atoms with Gasteiger partial charge in [-0.2, -0.15) is 5.10 Å². The number of aromatic nitrogens is 5. The summed E-state index contributed by atoms with van der Waals surface area (Å²) in [6, 6.07) is 6.94. The molecule has 202 valence electrons. The zero-order valence-corrected chi connectivity index (χ0v) is 22.9. The highest BCUT2D eigenvalue weighted by Gasteiger charge is 2.19. The number of para-hydroxylation sites is 1. The molecule has 3 aromatic rings. The lowest BCUT2D eigenvalue weighted by Crippen LogP contribution is -2.22. The molecule has 2 amide bonds. The number of nitrogens with one attached hydrogen (secondary N) is 3. The summed E-state index contributed by atoms with van der Waals surface area (Å²) in [5.41, 5.74) is 1.59. The Kier molecular flexibility index (Phi) is 13.9. The van der Waals surface area contributed by atoms with Crippen LogP contribution in [0.2, 0.25) is 0 Å². The van der Waals surface area contributed by atoms with E-state index < -0.39 is 5.91 Å². The topological polar surface area (TPSA) is 145 Å². The number of ether oxygens (including phenoxy) is 2. The molecule has 3 rings (SSSR count). The summed E-state index contributed by atoms with van der Waals surface area (Å²) < 4.78 is 12.4. The second-order valence-corrected chi connectivity index (χ2v) is 6.82. The van der Waals surface area contributed by atoms with Crippen molar-refractivity contribution < 1.29 is 19.1 Å². The monoisotopic (exact) mass is 514 g/mol. The highest BCUT2D eigenvalue weighted by Crippen LogP contribution is 2.37. The molecule has 12 heteroatoms. The first-order valence-electron chi connectivity index (χ1n) is 12.2. The van der Waals surface area contributed by atoms with Gasteiger partial charge in [-0.3, -0.25) is 14.3 Å². The van der Waals surface area contributed by atoms with Crippen molar-refractivity contribution in [3.63, 3.8) is 0 Å². The molecule has 0 fully saturated rings. The SMILES string of the molecule is CC.CC.CCOCCC(=O)Nc1cc(Nc2cccc(-c3ncn(C)n3)c2OC)c(C(=O)NC)nn1. The van der Waals surface area contributed by atoms with Crippen LogP contribution < -0.4 is 20.7 Å². The Balaban J connectivity index is 0.00000163. The first-order chi connectivity index (χ1) is 18.0. The normalized spacial score (nSPS) is 9.73. The second kappa shape index (κ2) is 16.6. The minimum Gasteiger partial charge on any atom is -0.494 e. The molecule has 0 aliphatic rings. The number of hydrogen-bond donors (Lipinski definition) is 3. The van der Waals surface area contributed by atoms with Gasteiger partial charge in [0.1, 0.15) is 6.33 Å². The van der Waals surface area contributed by atoms with Crippen LogP contribution in [0.4, 0.5) is 17.2 Å². The molecule has 0 bridgehead atoms. The van der Waals surface area contributed by atoms with Crippen molar-refractivity contribution in [3.05, 3.63) is 36.3 Å². The fourth-order valence-corrected chi connectivity index (χ4v) is 2.99. The standard InChI is InChI=1S/C21H26N8O4.2C2H6/c1-5-33-10-9-17(30)25-16-11-15(18(27-26-16)21(31)22-2)24-14-8-6-7-13(19(14)32-4)20-23-12-29(3)28-20;2*1-2/h6-8,11-12H,5,9-10H2,1-4H3,(H,22,31)(H2,24,25,26,30);2*1-2H3. The lowest BCUT2D eigenvalue weighted by molar-refractivity contribution is -0.117. The number of hydrogen-bond acceptors (Lipinski definition) is 9. The maximum absolute atomic E-state index is 12.4. The van der Waals surface area contributed by atoms with E-state index in [9.17, 15) is 9.59 Å². The van der Waals surface area contributed by atoms with Crippen molar-refractivity contribution in [3.8, 4) is 17.1 Å². The van der Waals surface area contributed by atoms with Crippen LogP contribution >= 0.6 is 0 Å². The van der Waals surface area contributed by atoms with Gasteiger partial charge in [0, 0.05) is 26.8 Å². The molecule has 0 spiro atoms. The van der Waals surface area contributed by atoms with Gasteiger partial charge in [-0.1, -0.05) is 33.8 Å². The van der Waals surface area contributed by atoms with Crippen LogP contribution in [0.3, 0.4) is 0 Å². The van der Waals surface area contributed by atoms with Crippen molar-refractivity contribution in [2.45, 2.75) is 41.0 Å². The summed E-state index contributed by atoms with van der Waals surface area (Å²) in [6.07, 6.45) is 1.76. The molecule has 0 aliphatic heterocycles. The summed E-state index contributed by atoms with van der Waals surface area (Å²) in [6.45, 7) is 10.7. The molecule has 12 nitrogen and oxygen atoms in total. The van der Waals surface area contributed by atoms with Crippen LogP contribution in [0.1, 0.15) is 51.5 Å². The Morgan fingerprint density at radius 3 is 2.41 bits per heavy atom. The Morgan fingerprint density at radius 1 is 1.08 bits per heavy atom. The van der Waals surface area contributed by atoms with Crippen molar-refractivity contribution in [1.82, 2.24) is 30.3 Å². The van der Waals surface area contributed by atoms with E-state index >= 15 is 0 Å². The third-order valence-corrected chi connectivity index (χ3v) is 4.51. The van der Waals surface area contributed by atoms with Gasteiger partial charge in [0.25, 0.3) is 5.91 Å². The number of carbonyl (C=O) groups excluding carboxylic acids is 2. The Hall–Kier alpha value is -4.06. The van der Waals surface area contributed by atoms with Crippen LogP contribution in [0, 0.1) is 0 Å². The van der Waals surface area contributed by atoms with Gasteiger partial charge in [0.15, 0.2) is 23.1 Å². The fraction of sp³-hybridized carbons (Fsp3) is 0.440. The van der Waals surface area contributed by atoms with Crippen molar-refractivity contribution in [2.24, 2.45) is 7.05 Å². The number of methoxy groups -OCH3 is 1. The molecular weight excluding hydrogens is 476 g/mol. The quantitative estimate of drug-likeness (QED) is 0.344. The summed E-state index contributed by atoms with van der Waals surface area (Å²) in [7, 11) is 4.79. The summed E-state index contributed by atoms with van der Waals surface area (Å²) in [5, 5.41) is 20.6. The van der Waals surface area contributed by atoms with Crippen molar-refractivity contribution in [1.29, 1.82) is 0 Å². The Labute approximate surface area is 218 Å². The third-order valence-electron chi connectivity index (χ3n) is 4.51. The largest absolute Gasteiger partial charge is 0.494 e. The molecule has 37 heavy (non-hydrogen) atoms. The molecule has 0 saturated heterocycles. The van der Waals surface area contributed by atoms with Crippen LogP contribution in [-0.4, -0.2) is 64.1 Å². The zero-order valence-electron chi connectivity index (χ0n) is 22.9. The van der Waals surface area contributed by atoms with Gasteiger partial charge in [-0.15, -0.1) is 10.2 Å². The lowest BCUT2D eigenvalue weighted by Gasteiger charge is -2.16. The number of benzene rings is 1. The maximum atomic E-state index is 12.4. The van der Waals surface area contributed by atoms with E-state index in [2.05, 4.69) is 36.2 Å². The minimum absolute atomic E-state index is 0.0493. The predicted molar refractivity (Wildman–Crippen MR) is 144 cm³/mol. The summed E-state index contributed by atoms with van der Waals surface area (Å²) >= 11 is 0. The van der Waals surface area contributed by atoms with Gasteiger partial charge < -0.3 is 25.4 Å². The van der Waals surface area contributed by atoms with E-state index in [1.165, 1.54) is 20.2 Å². The number of nitrogens with zero attached hydrogens (tertiary/aromatic N) is 5. The Morgan fingerprint density at radius 2 is 1.81 bits per heavy atom. The number of anilines is 3. The van der Waals surface area contributed by atoms with Crippen molar-refractivity contribution >= 4 is 29.0 Å². The summed E-state index contributed by atoms with van der Waals surface area (Å²) in [4.78, 5) is 28.8. The number of amides is 2. The van der Waals surface area contributed by atoms with Gasteiger partial charge in [0.2, 0.25) is 5.91 Å². The van der Waals surface area contributed by atoms with Gasteiger partial charge in [0.05, 0.1) is 37.1 Å². The smallest absolute Gasteiger partial charge is 0.273 e. The van der Waals surface area contributed by atoms with Crippen LogP contribution in [-0.2, 0) is 16.6 Å². The number of rotatable bonds is 10. The van der Waals surface area contributed by atoms with E-state index in [1.807, 2.05) is 40.7 Å². The molecular formula is C25H38N8O4. The van der Waals surface area contributed by atoms with Gasteiger partial charge in [-0.05, 0) is 19.1 Å². The lowest BCUT2D eigenvalue weighted by atomic mass is 10.1. The van der Waals surface area contributed by atoms with E-state index in [4.69, 9.17) is 9.47 Å². The average molecular weight is 515 g/mol. The van der Waals surface area contributed by atoms with E-state index in [1.54, 1.807) is 30.2 Å². The van der Waals surface area contributed by atoms with Gasteiger partial charge in [-0.25, -0.2) is 4.98 Å². The molecule has 3 N–H and O–H groups in total. The number of aryl methyl sites for hydroxylation is 1. The molecule has 0 atom stereocenters. The second-order valence-electron chi connectivity index (χ2n) is 6.82. The highest BCUT2D eigenvalue weighted by molar-refractivity contribution is 5.99. The first-order valence-corrected chi connectivity index (χ1v) is 12.2. The van der Waals surface area contributed by atoms with E-state index in [0.717, 1.165) is 0 Å². The average Bonchev–Trinajstić information content (AvgIpc) is 3.36. The Bertz CT molecular complexity index is 1130. The molecule has 2 heterocycles. The van der Waals surface area contributed by atoms with E-state index in [-0.39, 0.29) is 23.8 Å². The van der Waals surface area contributed by atoms with Crippen LogP contribution in [0.15, 0.2) is 30.6 Å². The first kappa shape index (κ1) is 31.0.